The first kappa shape index (κ1) is 17.7. The monoisotopic (exact) mass is 331 g/mol. The number of rotatable bonds is 6. The van der Waals surface area contributed by atoms with Crippen molar-refractivity contribution >= 4 is 27.3 Å². The summed E-state index contributed by atoms with van der Waals surface area (Å²) in [5.41, 5.74) is 0.775. The molecule has 0 saturated heterocycles. The topological polar surface area (TPSA) is 83.9 Å². The molecule has 0 aliphatic heterocycles. The largest absolute Gasteiger partial charge is 0.465 e. The number of thiophene rings is 1. The third-order valence-electron chi connectivity index (χ3n) is 2.43. The standard InChI is InChI=1S/C13H17NO5S2/c1-3-19-13(16)10-21(17,18)14(2)8-11-7-12(20-9-11)5-4-6-15/h7,9,15H,3,6,8,10H2,1-2H3. The number of sulfonamides is 1. The van der Waals surface area contributed by atoms with Gasteiger partial charge in [-0.25, -0.2) is 12.7 Å². The zero-order chi connectivity index (χ0) is 15.9. The quantitative estimate of drug-likeness (QED) is 0.603. The first-order valence-corrected chi connectivity index (χ1v) is 8.64. The molecule has 0 aliphatic carbocycles. The van der Waals surface area contributed by atoms with E-state index in [1.807, 2.05) is 0 Å². The van der Waals surface area contributed by atoms with E-state index in [9.17, 15) is 13.2 Å². The van der Waals surface area contributed by atoms with Gasteiger partial charge in [0.2, 0.25) is 10.0 Å². The summed E-state index contributed by atoms with van der Waals surface area (Å²) < 4.78 is 29.7. The van der Waals surface area contributed by atoms with Gasteiger partial charge in [0.05, 0.1) is 11.5 Å². The summed E-state index contributed by atoms with van der Waals surface area (Å²) in [5, 5.41) is 10.4. The second kappa shape index (κ2) is 8.14. The smallest absolute Gasteiger partial charge is 0.322 e. The van der Waals surface area contributed by atoms with Gasteiger partial charge in [-0.05, 0) is 23.9 Å². The third kappa shape index (κ3) is 5.85. The summed E-state index contributed by atoms with van der Waals surface area (Å²) in [5.74, 6) is 3.85. The van der Waals surface area contributed by atoms with Gasteiger partial charge in [0, 0.05) is 13.6 Å². The number of esters is 1. The van der Waals surface area contributed by atoms with Crippen LogP contribution in [0.15, 0.2) is 11.4 Å². The molecule has 1 N–H and O–H groups in total. The Balaban J connectivity index is 2.69. The summed E-state index contributed by atoms with van der Waals surface area (Å²) in [6.07, 6.45) is 0. The fraction of sp³-hybridized carbons (Fsp3) is 0.462. The highest BCUT2D eigenvalue weighted by Crippen LogP contribution is 2.16. The molecule has 1 heterocycles. The molecule has 6 nitrogen and oxygen atoms in total. The van der Waals surface area contributed by atoms with Crippen LogP contribution in [0.2, 0.25) is 0 Å². The van der Waals surface area contributed by atoms with E-state index >= 15 is 0 Å². The number of ether oxygens (including phenoxy) is 1. The van der Waals surface area contributed by atoms with Crippen molar-refractivity contribution in [1.82, 2.24) is 4.31 Å². The van der Waals surface area contributed by atoms with Crippen LogP contribution in [0.3, 0.4) is 0 Å². The van der Waals surface area contributed by atoms with Gasteiger partial charge in [-0.15, -0.1) is 11.3 Å². The lowest BCUT2D eigenvalue weighted by Crippen LogP contribution is -2.32. The second-order valence-electron chi connectivity index (χ2n) is 4.10. The van der Waals surface area contributed by atoms with Gasteiger partial charge in [0.15, 0.2) is 5.75 Å². The molecule has 0 unspecified atom stereocenters. The number of nitrogens with zero attached hydrogens (tertiary/aromatic N) is 1. The minimum absolute atomic E-state index is 0.148. The minimum Gasteiger partial charge on any atom is -0.465 e. The molecule has 8 heteroatoms. The molecule has 0 radical (unpaired) electrons. The van der Waals surface area contributed by atoms with Crippen molar-refractivity contribution in [3.63, 3.8) is 0 Å². The van der Waals surface area contributed by atoms with E-state index in [4.69, 9.17) is 5.11 Å². The van der Waals surface area contributed by atoms with Crippen molar-refractivity contribution in [2.75, 3.05) is 26.0 Å². The zero-order valence-corrected chi connectivity index (χ0v) is 13.5. The van der Waals surface area contributed by atoms with Gasteiger partial charge in [-0.3, -0.25) is 4.79 Å². The Labute approximate surface area is 128 Å². The fourth-order valence-electron chi connectivity index (χ4n) is 1.47. The van der Waals surface area contributed by atoms with Crippen molar-refractivity contribution in [3.05, 3.63) is 21.9 Å². The lowest BCUT2D eigenvalue weighted by molar-refractivity contribution is -0.140. The Morgan fingerprint density at radius 1 is 1.52 bits per heavy atom. The highest BCUT2D eigenvalue weighted by atomic mass is 32.2. The highest BCUT2D eigenvalue weighted by molar-refractivity contribution is 7.89. The van der Waals surface area contributed by atoms with Gasteiger partial charge in [-0.2, -0.15) is 0 Å². The van der Waals surface area contributed by atoms with Crippen LogP contribution < -0.4 is 0 Å². The average molecular weight is 331 g/mol. The number of aliphatic hydroxyl groups is 1. The van der Waals surface area contributed by atoms with Crippen molar-refractivity contribution in [3.8, 4) is 11.8 Å². The molecule has 0 amide bonds. The van der Waals surface area contributed by atoms with Gasteiger partial charge in [0.25, 0.3) is 0 Å². The highest BCUT2D eigenvalue weighted by Gasteiger charge is 2.23. The number of carbonyl (C=O) groups is 1. The van der Waals surface area contributed by atoms with Gasteiger partial charge < -0.3 is 9.84 Å². The summed E-state index contributed by atoms with van der Waals surface area (Å²) >= 11 is 1.37. The Morgan fingerprint density at radius 2 is 2.24 bits per heavy atom. The molecular weight excluding hydrogens is 314 g/mol. The normalized spacial score (nSPS) is 11.0. The Morgan fingerprint density at radius 3 is 2.86 bits per heavy atom. The number of aliphatic hydroxyl groups excluding tert-OH is 1. The van der Waals surface area contributed by atoms with Crippen LogP contribution >= 0.6 is 11.3 Å². The van der Waals surface area contributed by atoms with Gasteiger partial charge in [-0.1, -0.05) is 11.8 Å². The Bertz CT molecular complexity index is 639. The lowest BCUT2D eigenvalue weighted by atomic mass is 10.3. The first-order chi connectivity index (χ1) is 9.89. The molecule has 1 rings (SSSR count). The summed E-state index contributed by atoms with van der Waals surface area (Å²) in [7, 11) is -2.29. The number of hydrogen-bond acceptors (Lipinski definition) is 6. The third-order valence-corrected chi connectivity index (χ3v) is 5.00. The minimum atomic E-state index is -3.70. The van der Waals surface area contributed by atoms with Crippen molar-refractivity contribution in [2.24, 2.45) is 0 Å². The van der Waals surface area contributed by atoms with E-state index < -0.39 is 21.7 Å². The van der Waals surface area contributed by atoms with Crippen LogP contribution in [0.4, 0.5) is 0 Å². The molecule has 0 aromatic carbocycles. The molecule has 116 valence electrons. The van der Waals surface area contributed by atoms with E-state index in [0.29, 0.717) is 0 Å². The molecule has 0 spiro atoms. The van der Waals surface area contributed by atoms with E-state index in [-0.39, 0.29) is 19.8 Å². The zero-order valence-electron chi connectivity index (χ0n) is 11.8. The maximum atomic E-state index is 12.0. The molecule has 21 heavy (non-hydrogen) atoms. The molecule has 0 atom stereocenters. The Hall–Kier alpha value is -1.40. The SMILES string of the molecule is CCOC(=O)CS(=O)(=O)N(C)Cc1csc(C#CCO)c1. The summed E-state index contributed by atoms with van der Waals surface area (Å²) in [6.45, 7) is 1.70. The number of carbonyl (C=O) groups excluding carboxylic acids is 1. The van der Waals surface area contributed by atoms with Crippen molar-refractivity contribution in [2.45, 2.75) is 13.5 Å². The van der Waals surface area contributed by atoms with E-state index in [0.717, 1.165) is 14.7 Å². The maximum Gasteiger partial charge on any atom is 0.322 e. The van der Waals surface area contributed by atoms with E-state index in [1.165, 1.54) is 18.4 Å². The van der Waals surface area contributed by atoms with Crippen LogP contribution in [0.1, 0.15) is 17.4 Å². The van der Waals surface area contributed by atoms with Crippen molar-refractivity contribution in [1.29, 1.82) is 0 Å². The lowest BCUT2D eigenvalue weighted by Gasteiger charge is -2.15. The predicted octanol–water partition coefficient (Wildman–Crippen LogP) is 0.417. The summed E-state index contributed by atoms with van der Waals surface area (Å²) in [6, 6.07) is 1.75. The average Bonchev–Trinajstić information content (AvgIpc) is 2.83. The maximum absolute atomic E-state index is 12.0. The molecule has 0 fully saturated rings. The predicted molar refractivity (Wildman–Crippen MR) is 80.2 cm³/mol. The van der Waals surface area contributed by atoms with Gasteiger partial charge >= 0.3 is 5.97 Å². The second-order valence-corrected chi connectivity index (χ2v) is 7.08. The first-order valence-electron chi connectivity index (χ1n) is 6.15. The fourth-order valence-corrected chi connectivity index (χ4v) is 3.19. The molecule has 0 aliphatic rings. The molecule has 0 saturated carbocycles. The van der Waals surface area contributed by atoms with Crippen LogP contribution in [-0.2, 0) is 26.1 Å². The number of hydrogen-bond donors (Lipinski definition) is 1. The van der Waals surface area contributed by atoms with E-state index in [2.05, 4.69) is 16.6 Å². The summed E-state index contributed by atoms with van der Waals surface area (Å²) in [4.78, 5) is 12.0. The van der Waals surface area contributed by atoms with Crippen LogP contribution in [0.25, 0.3) is 0 Å². The Kier molecular flexibility index (Phi) is 6.84. The van der Waals surface area contributed by atoms with Crippen molar-refractivity contribution < 1.29 is 23.1 Å². The van der Waals surface area contributed by atoms with Crippen LogP contribution in [0.5, 0.6) is 0 Å². The van der Waals surface area contributed by atoms with Crippen LogP contribution in [0, 0.1) is 11.8 Å². The molecule has 1 aromatic rings. The van der Waals surface area contributed by atoms with Gasteiger partial charge in [0.1, 0.15) is 6.61 Å². The van der Waals surface area contributed by atoms with Crippen LogP contribution in [-0.4, -0.2) is 49.8 Å². The molecule has 0 bridgehead atoms. The van der Waals surface area contributed by atoms with E-state index in [1.54, 1.807) is 18.4 Å². The molecular formula is C13H17NO5S2. The molecule has 1 aromatic heterocycles.